The zero-order valence-electron chi connectivity index (χ0n) is 11.1. The Labute approximate surface area is 112 Å². The van der Waals surface area contributed by atoms with E-state index in [9.17, 15) is 4.39 Å². The lowest BCUT2D eigenvalue weighted by Gasteiger charge is -2.13. The molecule has 0 aliphatic heterocycles. The number of aryl methyl sites for hydroxylation is 2. The average molecular weight is 260 g/mol. The molecule has 0 spiro atoms. The molecule has 0 saturated heterocycles. The Morgan fingerprint density at radius 1 is 1.26 bits per heavy atom. The van der Waals surface area contributed by atoms with Gasteiger partial charge in [0.2, 0.25) is 0 Å². The van der Waals surface area contributed by atoms with Crippen molar-refractivity contribution in [1.82, 2.24) is 4.98 Å². The third-order valence-electron chi connectivity index (χ3n) is 2.96. The summed E-state index contributed by atoms with van der Waals surface area (Å²) in [5.41, 5.74) is 8.81. The average Bonchev–Trinajstić information content (AvgIpc) is 2.37. The van der Waals surface area contributed by atoms with E-state index in [0.717, 1.165) is 17.0 Å². The third-order valence-corrected chi connectivity index (χ3v) is 2.96. The molecule has 1 aromatic carbocycles. The predicted molar refractivity (Wildman–Crippen MR) is 72.3 cm³/mol. The number of hydrogen-bond acceptors (Lipinski definition) is 3. The van der Waals surface area contributed by atoms with Crippen molar-refractivity contribution in [2.75, 3.05) is 0 Å². The van der Waals surface area contributed by atoms with Crippen LogP contribution in [0, 0.1) is 19.7 Å². The molecule has 4 heteroatoms. The fourth-order valence-electron chi connectivity index (χ4n) is 1.97. The van der Waals surface area contributed by atoms with Crippen molar-refractivity contribution >= 4 is 0 Å². The topological polar surface area (TPSA) is 48.1 Å². The minimum absolute atomic E-state index is 0.183. The second-order valence-electron chi connectivity index (χ2n) is 4.41. The Balaban J connectivity index is 2.22. The lowest BCUT2D eigenvalue weighted by atomic mass is 10.1. The first-order valence-electron chi connectivity index (χ1n) is 6.15. The summed E-state index contributed by atoms with van der Waals surface area (Å²) in [7, 11) is 0. The zero-order valence-corrected chi connectivity index (χ0v) is 11.1. The summed E-state index contributed by atoms with van der Waals surface area (Å²) in [5, 5.41) is 0. The van der Waals surface area contributed by atoms with Gasteiger partial charge in [0.05, 0.1) is 0 Å². The number of halogens is 1. The van der Waals surface area contributed by atoms with Crippen LogP contribution in [-0.4, -0.2) is 4.98 Å². The van der Waals surface area contributed by atoms with Gasteiger partial charge in [0.15, 0.2) is 0 Å². The molecular formula is C15H17FN2O. The van der Waals surface area contributed by atoms with Gasteiger partial charge in [0, 0.05) is 35.1 Å². The minimum atomic E-state index is -0.265. The van der Waals surface area contributed by atoms with E-state index in [2.05, 4.69) is 4.98 Å². The third kappa shape index (κ3) is 3.09. The van der Waals surface area contributed by atoms with Gasteiger partial charge in [-0.2, -0.15) is 0 Å². The molecule has 19 heavy (non-hydrogen) atoms. The van der Waals surface area contributed by atoms with Crippen molar-refractivity contribution in [2.45, 2.75) is 27.0 Å². The molecule has 0 aliphatic carbocycles. The van der Waals surface area contributed by atoms with Gasteiger partial charge < -0.3 is 10.5 Å². The first-order valence-corrected chi connectivity index (χ1v) is 6.15. The minimum Gasteiger partial charge on any atom is -0.488 e. The Hall–Kier alpha value is -1.94. The predicted octanol–water partition coefficient (Wildman–Crippen LogP) is 2.88. The Bertz CT molecular complexity index is 584. The van der Waals surface area contributed by atoms with Crippen LogP contribution in [-0.2, 0) is 13.2 Å². The molecular weight excluding hydrogens is 243 g/mol. The fraction of sp³-hybridized carbons (Fsp3) is 0.267. The summed E-state index contributed by atoms with van der Waals surface area (Å²) in [5.74, 6) is 0.412. The molecule has 2 aromatic rings. The van der Waals surface area contributed by atoms with E-state index in [-0.39, 0.29) is 12.4 Å². The summed E-state index contributed by atoms with van der Waals surface area (Å²) in [6, 6.07) is 8.40. The number of aromatic nitrogens is 1. The van der Waals surface area contributed by atoms with Gasteiger partial charge in [0.25, 0.3) is 0 Å². The molecule has 0 radical (unpaired) electrons. The second kappa shape index (κ2) is 5.80. The fourth-order valence-corrected chi connectivity index (χ4v) is 1.97. The van der Waals surface area contributed by atoms with Crippen molar-refractivity contribution < 1.29 is 9.13 Å². The van der Waals surface area contributed by atoms with Crippen molar-refractivity contribution in [1.29, 1.82) is 0 Å². The van der Waals surface area contributed by atoms with Crippen LogP contribution >= 0.6 is 0 Å². The Morgan fingerprint density at radius 2 is 2.00 bits per heavy atom. The molecule has 0 fully saturated rings. The van der Waals surface area contributed by atoms with Gasteiger partial charge in [0.1, 0.15) is 18.2 Å². The molecule has 3 nitrogen and oxygen atoms in total. The number of hydrogen-bond donors (Lipinski definition) is 1. The maximum atomic E-state index is 13.5. The van der Waals surface area contributed by atoms with Crippen molar-refractivity contribution in [3.05, 3.63) is 58.7 Å². The molecule has 0 atom stereocenters. The monoisotopic (exact) mass is 260 g/mol. The molecule has 100 valence electrons. The van der Waals surface area contributed by atoms with Crippen LogP contribution in [0.25, 0.3) is 0 Å². The van der Waals surface area contributed by atoms with Crippen molar-refractivity contribution in [3.63, 3.8) is 0 Å². The molecule has 2 rings (SSSR count). The zero-order chi connectivity index (χ0) is 13.8. The Morgan fingerprint density at radius 3 is 2.68 bits per heavy atom. The highest BCUT2D eigenvalue weighted by Crippen LogP contribution is 2.23. The second-order valence-corrected chi connectivity index (χ2v) is 4.41. The highest BCUT2D eigenvalue weighted by Gasteiger charge is 2.09. The number of nitrogens with zero attached hydrogens (tertiary/aromatic N) is 1. The van der Waals surface area contributed by atoms with Gasteiger partial charge in [-0.05, 0) is 19.9 Å². The lowest BCUT2D eigenvalue weighted by molar-refractivity contribution is 0.296. The largest absolute Gasteiger partial charge is 0.488 e. The molecule has 0 aliphatic rings. The van der Waals surface area contributed by atoms with Crippen LogP contribution in [0.15, 0.2) is 30.3 Å². The highest BCUT2D eigenvalue weighted by atomic mass is 19.1. The highest BCUT2D eigenvalue weighted by molar-refractivity contribution is 5.37. The van der Waals surface area contributed by atoms with Crippen LogP contribution in [0.1, 0.15) is 22.5 Å². The van der Waals surface area contributed by atoms with Gasteiger partial charge in [-0.15, -0.1) is 0 Å². The molecule has 0 bridgehead atoms. The smallest absolute Gasteiger partial charge is 0.129 e. The SMILES string of the molecule is Cc1cc(OCc2ccccc2F)c(CN)c(C)n1. The summed E-state index contributed by atoms with van der Waals surface area (Å²) >= 11 is 0. The van der Waals surface area contributed by atoms with E-state index in [1.54, 1.807) is 18.2 Å². The van der Waals surface area contributed by atoms with Crippen LogP contribution < -0.4 is 10.5 Å². The van der Waals surface area contributed by atoms with Crippen molar-refractivity contribution in [3.8, 4) is 5.75 Å². The summed E-state index contributed by atoms with van der Waals surface area (Å²) in [6.45, 7) is 4.32. The number of rotatable bonds is 4. The number of nitrogens with two attached hydrogens (primary N) is 1. The first kappa shape index (κ1) is 13.5. The molecule has 1 heterocycles. The van der Waals surface area contributed by atoms with E-state index in [1.165, 1.54) is 6.07 Å². The molecule has 2 N–H and O–H groups in total. The molecule has 0 unspecified atom stereocenters. The van der Waals surface area contributed by atoms with Crippen LogP contribution in [0.3, 0.4) is 0 Å². The van der Waals surface area contributed by atoms with Crippen molar-refractivity contribution in [2.24, 2.45) is 5.73 Å². The summed E-state index contributed by atoms with van der Waals surface area (Å²) in [6.07, 6.45) is 0. The Kier molecular flexibility index (Phi) is 4.12. The van der Waals surface area contributed by atoms with E-state index in [0.29, 0.717) is 17.9 Å². The van der Waals surface area contributed by atoms with Gasteiger partial charge in [-0.3, -0.25) is 4.98 Å². The standard InChI is InChI=1S/C15H17FN2O/c1-10-7-15(13(8-17)11(2)18-10)19-9-12-5-3-4-6-14(12)16/h3-7H,8-9,17H2,1-2H3. The number of pyridine rings is 1. The molecule has 0 saturated carbocycles. The normalized spacial score (nSPS) is 10.5. The number of ether oxygens (including phenoxy) is 1. The summed E-state index contributed by atoms with van der Waals surface area (Å²) < 4.78 is 19.2. The van der Waals surface area contributed by atoms with Crippen LogP contribution in [0.4, 0.5) is 4.39 Å². The van der Waals surface area contributed by atoms with E-state index in [4.69, 9.17) is 10.5 Å². The summed E-state index contributed by atoms with van der Waals surface area (Å²) in [4.78, 5) is 4.34. The maximum Gasteiger partial charge on any atom is 0.129 e. The molecule has 0 amide bonds. The molecule has 1 aromatic heterocycles. The van der Waals surface area contributed by atoms with Gasteiger partial charge in [-0.25, -0.2) is 4.39 Å². The first-order chi connectivity index (χ1) is 9.11. The lowest BCUT2D eigenvalue weighted by Crippen LogP contribution is -2.07. The number of benzene rings is 1. The maximum absolute atomic E-state index is 13.5. The van der Waals surface area contributed by atoms with Crippen LogP contribution in [0.2, 0.25) is 0 Å². The van der Waals surface area contributed by atoms with E-state index in [1.807, 2.05) is 19.9 Å². The van der Waals surface area contributed by atoms with Crippen LogP contribution in [0.5, 0.6) is 5.75 Å². The van der Waals surface area contributed by atoms with E-state index >= 15 is 0 Å². The van der Waals surface area contributed by atoms with E-state index < -0.39 is 0 Å². The quantitative estimate of drug-likeness (QED) is 0.919. The van der Waals surface area contributed by atoms with Gasteiger partial charge in [-0.1, -0.05) is 18.2 Å². The van der Waals surface area contributed by atoms with Gasteiger partial charge >= 0.3 is 0 Å².